The van der Waals surface area contributed by atoms with E-state index in [1.165, 1.54) is 6.07 Å². The molecule has 1 N–H and O–H groups in total. The zero-order chi connectivity index (χ0) is 17.6. The van der Waals surface area contributed by atoms with Crippen molar-refractivity contribution in [2.75, 3.05) is 0 Å². The summed E-state index contributed by atoms with van der Waals surface area (Å²) >= 11 is 0. The number of carbonyl (C=O) groups is 3. The first kappa shape index (κ1) is 16.2. The normalized spacial score (nSPS) is 20.5. The molecule has 0 radical (unpaired) electrons. The molecule has 24 heavy (non-hydrogen) atoms. The van der Waals surface area contributed by atoms with Gasteiger partial charge in [0.05, 0.1) is 17.2 Å². The quantitative estimate of drug-likeness (QED) is 0.859. The van der Waals surface area contributed by atoms with Crippen molar-refractivity contribution in [3.63, 3.8) is 0 Å². The van der Waals surface area contributed by atoms with Crippen molar-refractivity contribution in [1.82, 2.24) is 10.2 Å². The number of imide groups is 1. The molecule has 2 aliphatic rings. The Balaban J connectivity index is 1.96. The molecule has 0 saturated carbocycles. The SMILES string of the molecule is C=C1CCC(N2C(=O)c3cc(F)c(OC(C)C)cc3C2=O)C(=O)N1. The van der Waals surface area contributed by atoms with Gasteiger partial charge in [0.25, 0.3) is 11.8 Å². The zero-order valence-corrected chi connectivity index (χ0v) is 13.4. The van der Waals surface area contributed by atoms with Crippen molar-refractivity contribution in [2.24, 2.45) is 0 Å². The Morgan fingerprint density at radius 2 is 1.88 bits per heavy atom. The molecule has 0 spiro atoms. The minimum Gasteiger partial charge on any atom is -0.488 e. The summed E-state index contributed by atoms with van der Waals surface area (Å²) in [6.45, 7) is 7.12. The number of ether oxygens (including phenoxy) is 1. The van der Waals surface area contributed by atoms with E-state index in [4.69, 9.17) is 4.74 Å². The second kappa shape index (κ2) is 5.74. The van der Waals surface area contributed by atoms with E-state index in [0.717, 1.165) is 11.0 Å². The highest BCUT2D eigenvalue weighted by molar-refractivity contribution is 6.23. The lowest BCUT2D eigenvalue weighted by Crippen LogP contribution is -2.51. The number of amides is 3. The van der Waals surface area contributed by atoms with Crippen LogP contribution in [-0.2, 0) is 4.79 Å². The fourth-order valence-corrected chi connectivity index (χ4v) is 2.89. The number of piperidine rings is 1. The van der Waals surface area contributed by atoms with Gasteiger partial charge in [-0.2, -0.15) is 0 Å². The number of nitrogens with zero attached hydrogens (tertiary/aromatic N) is 1. The number of nitrogens with one attached hydrogen (secondary N) is 1. The predicted octanol–water partition coefficient (Wildman–Crippen LogP) is 2.00. The summed E-state index contributed by atoms with van der Waals surface area (Å²) in [4.78, 5) is 38.1. The molecule has 3 amide bonds. The minimum absolute atomic E-state index is 0.0502. The van der Waals surface area contributed by atoms with Crippen molar-refractivity contribution >= 4 is 17.7 Å². The van der Waals surface area contributed by atoms with Crippen LogP contribution in [0.2, 0.25) is 0 Å². The Kier molecular flexibility index (Phi) is 3.87. The molecule has 0 aliphatic carbocycles. The molecule has 6 nitrogen and oxygen atoms in total. The fourth-order valence-electron chi connectivity index (χ4n) is 2.89. The number of hydrogen-bond acceptors (Lipinski definition) is 4. The van der Waals surface area contributed by atoms with Gasteiger partial charge in [-0.15, -0.1) is 0 Å². The molecule has 1 aromatic rings. The van der Waals surface area contributed by atoms with Crippen molar-refractivity contribution < 1.29 is 23.5 Å². The smallest absolute Gasteiger partial charge is 0.262 e. The van der Waals surface area contributed by atoms with Gasteiger partial charge in [-0.05, 0) is 38.8 Å². The summed E-state index contributed by atoms with van der Waals surface area (Å²) in [7, 11) is 0. The van der Waals surface area contributed by atoms with Gasteiger partial charge in [-0.3, -0.25) is 19.3 Å². The Bertz CT molecular complexity index is 772. The van der Waals surface area contributed by atoms with E-state index >= 15 is 0 Å². The van der Waals surface area contributed by atoms with Gasteiger partial charge < -0.3 is 10.1 Å². The Morgan fingerprint density at radius 1 is 1.25 bits per heavy atom. The molecule has 2 aliphatic heterocycles. The van der Waals surface area contributed by atoms with E-state index in [1.54, 1.807) is 13.8 Å². The zero-order valence-electron chi connectivity index (χ0n) is 13.4. The van der Waals surface area contributed by atoms with E-state index in [1.807, 2.05) is 0 Å². The van der Waals surface area contributed by atoms with Gasteiger partial charge in [0, 0.05) is 5.70 Å². The molecule has 1 unspecified atom stereocenters. The maximum Gasteiger partial charge on any atom is 0.262 e. The van der Waals surface area contributed by atoms with Crippen LogP contribution in [0.3, 0.4) is 0 Å². The van der Waals surface area contributed by atoms with Crippen molar-refractivity contribution in [3.05, 3.63) is 41.4 Å². The summed E-state index contributed by atoms with van der Waals surface area (Å²) in [6, 6.07) is 1.30. The Labute approximate surface area is 138 Å². The molecule has 126 valence electrons. The van der Waals surface area contributed by atoms with Crippen LogP contribution in [0.25, 0.3) is 0 Å². The number of rotatable bonds is 3. The molecular formula is C17H17FN2O4. The standard InChI is InChI=1S/C17H17FN2O4/c1-8(2)24-14-7-11-10(6-12(14)18)16(22)20(17(11)23)13-5-4-9(3)19-15(13)21/h6-8,13H,3-5H2,1-2H3,(H,19,21). The number of hydrogen-bond donors (Lipinski definition) is 1. The second-order valence-electron chi connectivity index (χ2n) is 6.12. The predicted molar refractivity (Wildman–Crippen MR) is 83.0 cm³/mol. The van der Waals surface area contributed by atoms with Crippen LogP contribution in [0, 0.1) is 5.82 Å². The van der Waals surface area contributed by atoms with Crippen LogP contribution >= 0.6 is 0 Å². The fraction of sp³-hybridized carbons (Fsp3) is 0.353. The molecule has 0 bridgehead atoms. The summed E-state index contributed by atoms with van der Waals surface area (Å²) in [6.07, 6.45) is 0.490. The third-order valence-corrected chi connectivity index (χ3v) is 3.97. The van der Waals surface area contributed by atoms with Gasteiger partial charge in [-0.25, -0.2) is 4.39 Å². The van der Waals surface area contributed by atoms with E-state index in [2.05, 4.69) is 11.9 Å². The van der Waals surface area contributed by atoms with Crippen LogP contribution < -0.4 is 10.1 Å². The number of halogens is 1. The first-order chi connectivity index (χ1) is 11.3. The average Bonchev–Trinajstić information content (AvgIpc) is 2.72. The van der Waals surface area contributed by atoms with Crippen LogP contribution in [-0.4, -0.2) is 34.8 Å². The van der Waals surface area contributed by atoms with Crippen LogP contribution in [0.4, 0.5) is 4.39 Å². The molecule has 1 atom stereocenters. The first-order valence-electron chi connectivity index (χ1n) is 7.66. The highest BCUT2D eigenvalue weighted by Crippen LogP contribution is 2.32. The molecule has 1 saturated heterocycles. The number of carbonyl (C=O) groups excluding carboxylic acids is 3. The molecule has 1 aromatic carbocycles. The molecule has 1 fully saturated rings. The summed E-state index contributed by atoms with van der Waals surface area (Å²) in [5, 5.41) is 2.54. The number of fused-ring (bicyclic) bond motifs is 1. The lowest BCUT2D eigenvalue weighted by molar-refractivity contribution is -0.125. The second-order valence-corrected chi connectivity index (χ2v) is 6.12. The van der Waals surface area contributed by atoms with Crippen LogP contribution in [0.5, 0.6) is 5.75 Å². The summed E-state index contributed by atoms with van der Waals surface area (Å²) < 4.78 is 19.4. The third kappa shape index (κ3) is 2.55. The Morgan fingerprint density at radius 3 is 2.46 bits per heavy atom. The molecular weight excluding hydrogens is 315 g/mol. The van der Waals surface area contributed by atoms with E-state index in [-0.39, 0.29) is 23.0 Å². The van der Waals surface area contributed by atoms with Gasteiger partial charge in [-0.1, -0.05) is 6.58 Å². The first-order valence-corrected chi connectivity index (χ1v) is 7.66. The van der Waals surface area contributed by atoms with Gasteiger partial charge in [0.15, 0.2) is 11.6 Å². The minimum atomic E-state index is -0.916. The lowest BCUT2D eigenvalue weighted by Gasteiger charge is -2.29. The highest BCUT2D eigenvalue weighted by Gasteiger charge is 2.44. The van der Waals surface area contributed by atoms with Crippen molar-refractivity contribution in [3.8, 4) is 5.75 Å². The monoisotopic (exact) mass is 332 g/mol. The molecule has 7 heteroatoms. The molecule has 3 rings (SSSR count). The van der Waals surface area contributed by atoms with E-state index in [9.17, 15) is 18.8 Å². The van der Waals surface area contributed by atoms with Crippen molar-refractivity contribution in [2.45, 2.75) is 38.8 Å². The molecule has 0 aromatic heterocycles. The summed E-state index contributed by atoms with van der Waals surface area (Å²) in [5.41, 5.74) is 0.548. The maximum atomic E-state index is 14.1. The van der Waals surface area contributed by atoms with Gasteiger partial charge in [0.1, 0.15) is 6.04 Å². The maximum absolute atomic E-state index is 14.1. The number of benzene rings is 1. The topological polar surface area (TPSA) is 75.7 Å². The van der Waals surface area contributed by atoms with Crippen molar-refractivity contribution in [1.29, 1.82) is 0 Å². The van der Waals surface area contributed by atoms with Crippen LogP contribution in [0.1, 0.15) is 47.4 Å². The largest absolute Gasteiger partial charge is 0.488 e. The van der Waals surface area contributed by atoms with Gasteiger partial charge in [0.2, 0.25) is 5.91 Å². The molecule has 2 heterocycles. The number of allylic oxidation sites excluding steroid dienone is 1. The van der Waals surface area contributed by atoms with Crippen LogP contribution in [0.15, 0.2) is 24.4 Å². The summed E-state index contributed by atoms with van der Waals surface area (Å²) in [5.74, 6) is -2.55. The average molecular weight is 332 g/mol. The van der Waals surface area contributed by atoms with E-state index < -0.39 is 29.6 Å². The van der Waals surface area contributed by atoms with E-state index in [0.29, 0.717) is 18.5 Å². The third-order valence-electron chi connectivity index (χ3n) is 3.97. The highest BCUT2D eigenvalue weighted by atomic mass is 19.1. The lowest BCUT2D eigenvalue weighted by atomic mass is 10.0. The van der Waals surface area contributed by atoms with Gasteiger partial charge >= 0.3 is 0 Å². The Hall–Kier alpha value is -2.70.